The molecule has 0 spiro atoms. The Morgan fingerprint density at radius 1 is 0.926 bits per heavy atom. The van der Waals surface area contributed by atoms with Crippen molar-refractivity contribution in [2.24, 2.45) is 5.73 Å². The quantitative estimate of drug-likeness (QED) is 0.612. The predicted octanol–water partition coefficient (Wildman–Crippen LogP) is 5.20. The Bertz CT molecular complexity index is 910. The van der Waals surface area contributed by atoms with Crippen LogP contribution in [0.15, 0.2) is 66.9 Å². The van der Waals surface area contributed by atoms with Crippen molar-refractivity contribution in [3.05, 3.63) is 94.8 Å². The van der Waals surface area contributed by atoms with Gasteiger partial charge in [0.15, 0.2) is 0 Å². The third kappa shape index (κ3) is 4.44. The summed E-state index contributed by atoms with van der Waals surface area (Å²) >= 11 is 0. The Kier molecular flexibility index (Phi) is 5.31. The van der Waals surface area contributed by atoms with Gasteiger partial charge in [-0.3, -0.25) is 4.98 Å². The highest BCUT2D eigenvalue weighted by atomic mass is 14.9. The van der Waals surface area contributed by atoms with Crippen molar-refractivity contribution in [1.82, 2.24) is 4.98 Å². The second kappa shape index (κ2) is 8.19. The Balaban J connectivity index is 1.57. The first-order valence-electron chi connectivity index (χ1n) is 9.57. The molecule has 0 unspecified atom stereocenters. The predicted molar refractivity (Wildman–Crippen MR) is 113 cm³/mol. The zero-order valence-corrected chi connectivity index (χ0v) is 15.4. The van der Waals surface area contributed by atoms with E-state index in [1.165, 1.54) is 35.2 Å². The van der Waals surface area contributed by atoms with Crippen LogP contribution in [-0.4, -0.2) is 4.98 Å². The molecule has 3 aromatic rings. The number of anilines is 1. The number of nitrogens with zero attached hydrogens (tertiary/aromatic N) is 1. The van der Waals surface area contributed by atoms with Gasteiger partial charge in [0.2, 0.25) is 0 Å². The van der Waals surface area contributed by atoms with Gasteiger partial charge in [-0.2, -0.15) is 0 Å². The zero-order chi connectivity index (χ0) is 18.5. The van der Waals surface area contributed by atoms with Gasteiger partial charge in [-0.25, -0.2) is 0 Å². The summed E-state index contributed by atoms with van der Waals surface area (Å²) in [4.78, 5) is 4.69. The Labute approximate surface area is 161 Å². The van der Waals surface area contributed by atoms with E-state index in [1.54, 1.807) is 0 Å². The van der Waals surface area contributed by atoms with Crippen molar-refractivity contribution < 1.29 is 0 Å². The van der Waals surface area contributed by atoms with Crippen LogP contribution in [0.5, 0.6) is 0 Å². The van der Waals surface area contributed by atoms with Gasteiger partial charge in [0, 0.05) is 36.5 Å². The summed E-state index contributed by atoms with van der Waals surface area (Å²) in [5, 5.41) is 3.60. The monoisotopic (exact) mass is 355 g/mol. The van der Waals surface area contributed by atoms with Gasteiger partial charge in [0.25, 0.3) is 0 Å². The molecule has 0 amide bonds. The summed E-state index contributed by atoms with van der Waals surface area (Å²) in [5.74, 6) is 0.603. The third-order valence-electron chi connectivity index (χ3n) is 4.97. The largest absolute Gasteiger partial charge is 0.380 e. The lowest BCUT2D eigenvalue weighted by Crippen LogP contribution is -2.04. The maximum atomic E-state index is 5.69. The Hall–Kier alpha value is -2.91. The van der Waals surface area contributed by atoms with Crippen molar-refractivity contribution in [2.75, 3.05) is 5.32 Å². The molecule has 1 aliphatic rings. The molecular formula is C24H25N3. The first kappa shape index (κ1) is 17.5. The van der Waals surface area contributed by atoms with Crippen LogP contribution in [0.4, 0.5) is 5.69 Å². The van der Waals surface area contributed by atoms with Gasteiger partial charge in [0.05, 0.1) is 5.69 Å². The first-order valence-corrected chi connectivity index (χ1v) is 9.57. The minimum atomic E-state index is 0.581. The molecule has 3 nitrogen and oxygen atoms in total. The summed E-state index contributed by atoms with van der Waals surface area (Å²) in [6, 6.07) is 20.9. The van der Waals surface area contributed by atoms with Gasteiger partial charge in [-0.1, -0.05) is 66.7 Å². The number of benzene rings is 2. The fraction of sp³-hybridized carbons (Fsp3) is 0.208. The van der Waals surface area contributed by atoms with Crippen LogP contribution >= 0.6 is 0 Å². The summed E-state index contributed by atoms with van der Waals surface area (Å²) in [6.07, 6.45) is 8.78. The highest BCUT2D eigenvalue weighted by Gasteiger charge is 2.27. The van der Waals surface area contributed by atoms with E-state index in [4.69, 9.17) is 5.73 Å². The molecule has 0 bridgehead atoms. The van der Waals surface area contributed by atoms with Crippen molar-refractivity contribution in [2.45, 2.75) is 31.8 Å². The van der Waals surface area contributed by atoms with Crippen molar-refractivity contribution >= 4 is 17.8 Å². The average molecular weight is 355 g/mol. The molecule has 1 fully saturated rings. The van der Waals surface area contributed by atoms with E-state index >= 15 is 0 Å². The highest BCUT2D eigenvalue weighted by Crippen LogP contribution is 2.42. The number of aromatic nitrogens is 1. The SMILES string of the molecule is NCc1ccc(CNc2ccnc(C3CC3)c2/C=C/c2ccccc2)cc1. The lowest BCUT2D eigenvalue weighted by atomic mass is 10.1. The molecule has 1 aliphatic carbocycles. The van der Waals surface area contributed by atoms with Gasteiger partial charge in [0.1, 0.15) is 0 Å². The van der Waals surface area contributed by atoms with Gasteiger partial charge >= 0.3 is 0 Å². The molecule has 3 heteroatoms. The number of nitrogens with two attached hydrogens (primary N) is 1. The number of rotatable bonds is 7. The standard InChI is InChI=1S/C24H25N3/c25-16-19-6-8-20(9-7-19)17-27-23-14-15-26-24(21-11-12-21)22(23)13-10-18-4-2-1-3-5-18/h1-10,13-15,21H,11-12,16-17,25H2,(H,26,27)/b13-10+. The first-order chi connectivity index (χ1) is 13.3. The van der Waals surface area contributed by atoms with Crippen LogP contribution < -0.4 is 11.1 Å². The molecule has 0 saturated heterocycles. The van der Waals surface area contributed by atoms with Crippen LogP contribution in [0.2, 0.25) is 0 Å². The van der Waals surface area contributed by atoms with E-state index in [0.29, 0.717) is 12.5 Å². The highest BCUT2D eigenvalue weighted by molar-refractivity contribution is 5.78. The van der Waals surface area contributed by atoms with Crippen LogP contribution in [0.3, 0.4) is 0 Å². The number of pyridine rings is 1. The third-order valence-corrected chi connectivity index (χ3v) is 4.97. The van der Waals surface area contributed by atoms with E-state index in [0.717, 1.165) is 17.8 Å². The summed E-state index contributed by atoms with van der Waals surface area (Å²) in [7, 11) is 0. The lowest BCUT2D eigenvalue weighted by Gasteiger charge is -2.13. The molecule has 1 heterocycles. The molecule has 0 atom stereocenters. The van der Waals surface area contributed by atoms with E-state index in [-0.39, 0.29) is 0 Å². The summed E-state index contributed by atoms with van der Waals surface area (Å²) < 4.78 is 0. The normalized spacial score (nSPS) is 13.8. The number of hydrogen-bond donors (Lipinski definition) is 2. The maximum Gasteiger partial charge on any atom is 0.0527 e. The van der Waals surface area contributed by atoms with Crippen molar-refractivity contribution in [3.63, 3.8) is 0 Å². The van der Waals surface area contributed by atoms with E-state index in [2.05, 4.69) is 77.1 Å². The average Bonchev–Trinajstić information content (AvgIpc) is 3.57. The lowest BCUT2D eigenvalue weighted by molar-refractivity contribution is 1.01. The minimum Gasteiger partial charge on any atom is -0.380 e. The Morgan fingerprint density at radius 3 is 2.37 bits per heavy atom. The molecule has 0 aliphatic heterocycles. The van der Waals surface area contributed by atoms with Crippen LogP contribution in [0, 0.1) is 0 Å². The fourth-order valence-electron chi connectivity index (χ4n) is 3.23. The van der Waals surface area contributed by atoms with Gasteiger partial charge in [-0.15, -0.1) is 0 Å². The molecular weight excluding hydrogens is 330 g/mol. The van der Waals surface area contributed by atoms with E-state index in [9.17, 15) is 0 Å². The number of hydrogen-bond acceptors (Lipinski definition) is 3. The molecule has 2 aromatic carbocycles. The minimum absolute atomic E-state index is 0.581. The van der Waals surface area contributed by atoms with Crippen LogP contribution in [0.25, 0.3) is 12.2 Å². The van der Waals surface area contributed by atoms with Crippen molar-refractivity contribution in [3.8, 4) is 0 Å². The number of nitrogens with one attached hydrogen (secondary N) is 1. The molecule has 136 valence electrons. The summed E-state index contributed by atoms with van der Waals surface area (Å²) in [5.41, 5.74) is 12.9. The van der Waals surface area contributed by atoms with E-state index < -0.39 is 0 Å². The van der Waals surface area contributed by atoms with Gasteiger partial charge < -0.3 is 11.1 Å². The molecule has 1 saturated carbocycles. The molecule has 4 rings (SSSR count). The molecule has 1 aromatic heterocycles. The molecule has 3 N–H and O–H groups in total. The summed E-state index contributed by atoms with van der Waals surface area (Å²) in [6.45, 7) is 1.36. The maximum absolute atomic E-state index is 5.69. The fourth-order valence-corrected chi connectivity index (χ4v) is 3.23. The van der Waals surface area contributed by atoms with Crippen LogP contribution in [0.1, 0.15) is 46.7 Å². The van der Waals surface area contributed by atoms with E-state index in [1.807, 2.05) is 12.3 Å². The Morgan fingerprint density at radius 2 is 1.67 bits per heavy atom. The second-order valence-corrected chi connectivity index (χ2v) is 7.05. The topological polar surface area (TPSA) is 50.9 Å². The molecule has 27 heavy (non-hydrogen) atoms. The smallest absolute Gasteiger partial charge is 0.0527 e. The van der Waals surface area contributed by atoms with Crippen molar-refractivity contribution in [1.29, 1.82) is 0 Å². The molecule has 0 radical (unpaired) electrons. The van der Waals surface area contributed by atoms with Crippen LogP contribution in [-0.2, 0) is 13.1 Å². The zero-order valence-electron chi connectivity index (χ0n) is 15.4. The van der Waals surface area contributed by atoms with Gasteiger partial charge in [-0.05, 0) is 35.6 Å². The second-order valence-electron chi connectivity index (χ2n) is 7.05.